The highest BCUT2D eigenvalue weighted by Gasteiger charge is 2.26. The molecule has 2 aromatic heterocycles. The molecule has 1 atom stereocenters. The monoisotopic (exact) mass is 376 g/mol. The molecule has 0 radical (unpaired) electrons. The Kier molecular flexibility index (Phi) is 5.46. The Morgan fingerprint density at radius 3 is 2.64 bits per heavy atom. The number of aromatic nitrogens is 3. The summed E-state index contributed by atoms with van der Waals surface area (Å²) in [6.07, 6.45) is 5.54. The maximum absolute atomic E-state index is 12.9. The minimum atomic E-state index is -0.0897. The van der Waals surface area contributed by atoms with Crippen LogP contribution >= 0.6 is 0 Å². The van der Waals surface area contributed by atoms with Gasteiger partial charge in [0.05, 0.1) is 6.54 Å². The highest BCUT2D eigenvalue weighted by Crippen LogP contribution is 2.35. The zero-order chi connectivity index (χ0) is 19.3. The topological polar surface area (TPSA) is 72.1 Å². The van der Waals surface area contributed by atoms with Crippen molar-refractivity contribution in [2.24, 2.45) is 0 Å². The van der Waals surface area contributed by atoms with Crippen molar-refractivity contribution in [2.45, 2.75) is 44.1 Å². The standard InChI is InChI=1S/C22H24N4O2/c1-26(15-20-24-22(28-25-20)17-10-7-11-17)21(27)14-18(16-8-3-2-4-9-16)19-12-5-6-13-23-19/h2-6,8-9,12-13,17-18H,7,10-11,14-15H2,1H3/t18-/m0/s1. The van der Waals surface area contributed by atoms with E-state index in [0.717, 1.165) is 24.1 Å². The molecule has 28 heavy (non-hydrogen) atoms. The van der Waals surface area contributed by atoms with Gasteiger partial charge in [0, 0.05) is 37.2 Å². The highest BCUT2D eigenvalue weighted by molar-refractivity contribution is 5.77. The average Bonchev–Trinajstić information content (AvgIpc) is 3.13. The summed E-state index contributed by atoms with van der Waals surface area (Å²) < 4.78 is 5.36. The summed E-state index contributed by atoms with van der Waals surface area (Å²) in [6.45, 7) is 0.346. The van der Waals surface area contributed by atoms with E-state index < -0.39 is 0 Å². The molecular formula is C22H24N4O2. The van der Waals surface area contributed by atoms with E-state index in [4.69, 9.17) is 4.52 Å². The van der Waals surface area contributed by atoms with Crippen molar-refractivity contribution < 1.29 is 9.32 Å². The van der Waals surface area contributed by atoms with E-state index in [2.05, 4.69) is 15.1 Å². The maximum Gasteiger partial charge on any atom is 0.229 e. The minimum Gasteiger partial charge on any atom is -0.339 e. The van der Waals surface area contributed by atoms with Crippen molar-refractivity contribution in [3.63, 3.8) is 0 Å². The van der Waals surface area contributed by atoms with Crippen molar-refractivity contribution in [2.75, 3.05) is 7.05 Å². The van der Waals surface area contributed by atoms with Crippen molar-refractivity contribution in [1.29, 1.82) is 0 Å². The van der Waals surface area contributed by atoms with Gasteiger partial charge in [0.25, 0.3) is 0 Å². The number of carbonyl (C=O) groups excluding carboxylic acids is 1. The molecule has 0 saturated heterocycles. The Bertz CT molecular complexity index is 867. The van der Waals surface area contributed by atoms with Gasteiger partial charge in [-0.2, -0.15) is 4.98 Å². The quantitative estimate of drug-likeness (QED) is 0.625. The molecule has 1 aliphatic rings. The summed E-state index contributed by atoms with van der Waals surface area (Å²) >= 11 is 0. The lowest BCUT2D eigenvalue weighted by molar-refractivity contribution is -0.130. The Balaban J connectivity index is 1.45. The molecule has 6 heteroatoms. The predicted molar refractivity (Wildman–Crippen MR) is 105 cm³/mol. The Labute approximate surface area is 164 Å². The normalized spacial score (nSPS) is 15.0. The molecule has 144 valence electrons. The summed E-state index contributed by atoms with van der Waals surface area (Å²) in [5.74, 6) is 1.60. The number of carbonyl (C=O) groups is 1. The van der Waals surface area contributed by atoms with E-state index >= 15 is 0 Å². The third-order valence-electron chi connectivity index (χ3n) is 5.37. The van der Waals surface area contributed by atoms with Crippen LogP contribution in [-0.4, -0.2) is 33.0 Å². The fraction of sp³-hybridized carbons (Fsp3) is 0.364. The summed E-state index contributed by atoms with van der Waals surface area (Å²) in [4.78, 5) is 23.5. The van der Waals surface area contributed by atoms with Crippen LogP contribution in [0, 0.1) is 0 Å². The number of amides is 1. The number of hydrogen-bond acceptors (Lipinski definition) is 5. The van der Waals surface area contributed by atoms with E-state index in [-0.39, 0.29) is 11.8 Å². The molecule has 1 fully saturated rings. The maximum atomic E-state index is 12.9. The Morgan fingerprint density at radius 1 is 1.18 bits per heavy atom. The van der Waals surface area contributed by atoms with E-state index in [9.17, 15) is 4.79 Å². The molecule has 0 N–H and O–H groups in total. The van der Waals surface area contributed by atoms with Crippen LogP contribution in [0.25, 0.3) is 0 Å². The van der Waals surface area contributed by atoms with Crippen LogP contribution in [-0.2, 0) is 11.3 Å². The number of rotatable bonds is 7. The number of nitrogens with zero attached hydrogens (tertiary/aromatic N) is 4. The second kappa shape index (κ2) is 8.33. The fourth-order valence-electron chi connectivity index (χ4n) is 3.44. The van der Waals surface area contributed by atoms with Crippen LogP contribution in [0.3, 0.4) is 0 Å². The van der Waals surface area contributed by atoms with Crippen LogP contribution < -0.4 is 0 Å². The van der Waals surface area contributed by atoms with Gasteiger partial charge in [0.15, 0.2) is 5.82 Å². The van der Waals surface area contributed by atoms with Crippen LogP contribution in [0.15, 0.2) is 59.3 Å². The highest BCUT2D eigenvalue weighted by atomic mass is 16.5. The van der Waals surface area contributed by atoms with Crippen molar-refractivity contribution in [1.82, 2.24) is 20.0 Å². The van der Waals surface area contributed by atoms with Gasteiger partial charge in [-0.25, -0.2) is 0 Å². The van der Waals surface area contributed by atoms with E-state index in [1.165, 1.54) is 6.42 Å². The second-order valence-electron chi connectivity index (χ2n) is 7.35. The third-order valence-corrected chi connectivity index (χ3v) is 5.37. The van der Waals surface area contributed by atoms with Crippen molar-refractivity contribution in [3.05, 3.63) is 77.7 Å². The number of hydrogen-bond donors (Lipinski definition) is 0. The molecule has 2 heterocycles. The molecular weight excluding hydrogens is 352 g/mol. The lowest BCUT2D eigenvalue weighted by Crippen LogP contribution is -2.28. The number of pyridine rings is 1. The molecule has 0 bridgehead atoms. The molecule has 1 saturated carbocycles. The molecule has 1 aliphatic carbocycles. The Morgan fingerprint density at radius 2 is 1.96 bits per heavy atom. The van der Waals surface area contributed by atoms with Crippen LogP contribution in [0.1, 0.15) is 60.5 Å². The van der Waals surface area contributed by atoms with Gasteiger partial charge in [-0.1, -0.05) is 48.0 Å². The van der Waals surface area contributed by atoms with Gasteiger partial charge in [0.2, 0.25) is 11.8 Å². The lowest BCUT2D eigenvalue weighted by Gasteiger charge is -2.21. The van der Waals surface area contributed by atoms with Crippen molar-refractivity contribution in [3.8, 4) is 0 Å². The Hall–Kier alpha value is -3.02. The second-order valence-corrected chi connectivity index (χ2v) is 7.35. The minimum absolute atomic E-state index is 0.0227. The first-order valence-corrected chi connectivity index (χ1v) is 9.73. The summed E-state index contributed by atoms with van der Waals surface area (Å²) in [7, 11) is 1.78. The number of benzene rings is 1. The average molecular weight is 376 g/mol. The molecule has 3 aromatic rings. The van der Waals surface area contributed by atoms with Gasteiger partial charge < -0.3 is 9.42 Å². The zero-order valence-electron chi connectivity index (χ0n) is 16.0. The first-order valence-electron chi connectivity index (χ1n) is 9.73. The fourth-order valence-corrected chi connectivity index (χ4v) is 3.44. The molecule has 0 aliphatic heterocycles. The first-order chi connectivity index (χ1) is 13.7. The molecule has 1 amide bonds. The smallest absolute Gasteiger partial charge is 0.229 e. The molecule has 0 spiro atoms. The molecule has 6 nitrogen and oxygen atoms in total. The molecule has 0 unspecified atom stereocenters. The van der Waals surface area contributed by atoms with E-state index in [1.54, 1.807) is 18.1 Å². The van der Waals surface area contributed by atoms with Crippen LogP contribution in [0.2, 0.25) is 0 Å². The third kappa shape index (κ3) is 4.11. The van der Waals surface area contributed by atoms with Crippen molar-refractivity contribution >= 4 is 5.91 Å². The van der Waals surface area contributed by atoms with Gasteiger partial charge in [-0.05, 0) is 30.5 Å². The first kappa shape index (κ1) is 18.3. The van der Waals surface area contributed by atoms with Crippen LogP contribution in [0.4, 0.5) is 0 Å². The SMILES string of the molecule is CN(Cc1noc(C2CCC2)n1)C(=O)C[C@@H](c1ccccc1)c1ccccn1. The molecule has 4 rings (SSSR count). The summed E-state index contributed by atoms with van der Waals surface area (Å²) in [5.41, 5.74) is 1.97. The lowest BCUT2D eigenvalue weighted by atomic mass is 9.85. The molecule has 1 aromatic carbocycles. The zero-order valence-corrected chi connectivity index (χ0v) is 16.0. The van der Waals surface area contributed by atoms with Gasteiger partial charge in [-0.15, -0.1) is 0 Å². The van der Waals surface area contributed by atoms with Crippen LogP contribution in [0.5, 0.6) is 0 Å². The van der Waals surface area contributed by atoms with E-state index in [1.807, 2.05) is 48.5 Å². The predicted octanol–water partition coefficient (Wildman–Crippen LogP) is 3.91. The van der Waals surface area contributed by atoms with Gasteiger partial charge in [-0.3, -0.25) is 9.78 Å². The van der Waals surface area contributed by atoms with E-state index in [0.29, 0.717) is 30.6 Å². The van der Waals surface area contributed by atoms with Gasteiger partial charge in [0.1, 0.15) is 0 Å². The summed E-state index contributed by atoms with van der Waals surface area (Å²) in [6, 6.07) is 15.8. The largest absolute Gasteiger partial charge is 0.339 e. The van der Waals surface area contributed by atoms with Gasteiger partial charge >= 0.3 is 0 Å². The summed E-state index contributed by atoms with van der Waals surface area (Å²) in [5, 5.41) is 4.04.